The zero-order valence-corrected chi connectivity index (χ0v) is 20.0. The lowest BCUT2D eigenvalue weighted by molar-refractivity contribution is 0.0329. The topological polar surface area (TPSA) is 51.2 Å². The summed E-state index contributed by atoms with van der Waals surface area (Å²) in [6.07, 6.45) is 2.68. The minimum absolute atomic E-state index is 0.170. The van der Waals surface area contributed by atoms with Gasteiger partial charge in [0, 0.05) is 52.9 Å². The summed E-state index contributed by atoms with van der Waals surface area (Å²) in [5.74, 6) is 1.40. The van der Waals surface area contributed by atoms with Crippen LogP contribution >= 0.6 is 23.2 Å². The maximum absolute atomic E-state index is 13.1. The molecule has 3 aliphatic heterocycles. The van der Waals surface area contributed by atoms with Crippen LogP contribution in [0.3, 0.4) is 0 Å². The average molecular weight is 489 g/mol. The van der Waals surface area contributed by atoms with Gasteiger partial charge in [0.2, 0.25) is 5.78 Å². The first-order chi connectivity index (χ1) is 16.0. The molecule has 8 heteroatoms. The highest BCUT2D eigenvalue weighted by Crippen LogP contribution is 2.43. The fourth-order valence-corrected chi connectivity index (χ4v) is 5.07. The fraction of sp³-hybridized carbons (Fsp3) is 0.400. The smallest absolute Gasteiger partial charge is 0.231 e. The normalized spacial score (nSPS) is 19.8. The van der Waals surface area contributed by atoms with E-state index in [4.69, 9.17) is 37.4 Å². The van der Waals surface area contributed by atoms with Gasteiger partial charge in [0.15, 0.2) is 5.76 Å². The number of fused-ring (bicyclic) bond motifs is 2. The van der Waals surface area contributed by atoms with E-state index in [1.54, 1.807) is 24.3 Å². The SMILES string of the molecule is Cc1c2c(cc3c1O/C(=C\c1c(Cl)cccc1Cl)C3=O)CN(CCCN1CCOCC1)CO2. The first-order valence-electron chi connectivity index (χ1n) is 11.2. The molecule has 3 aliphatic rings. The number of benzene rings is 2. The van der Waals surface area contributed by atoms with Gasteiger partial charge in [-0.3, -0.25) is 14.6 Å². The summed E-state index contributed by atoms with van der Waals surface area (Å²) in [6, 6.07) is 7.14. The summed E-state index contributed by atoms with van der Waals surface area (Å²) in [6.45, 7) is 8.85. The Balaban J connectivity index is 1.31. The number of nitrogens with zero attached hydrogens (tertiary/aromatic N) is 2. The molecule has 1 fully saturated rings. The second-order valence-corrected chi connectivity index (χ2v) is 9.39. The van der Waals surface area contributed by atoms with Gasteiger partial charge in [-0.15, -0.1) is 0 Å². The van der Waals surface area contributed by atoms with Crippen molar-refractivity contribution in [3.63, 3.8) is 0 Å². The Morgan fingerprint density at radius 3 is 2.55 bits per heavy atom. The van der Waals surface area contributed by atoms with Crippen molar-refractivity contribution in [2.24, 2.45) is 0 Å². The number of allylic oxidation sites excluding steroid dienone is 1. The van der Waals surface area contributed by atoms with Gasteiger partial charge >= 0.3 is 0 Å². The van der Waals surface area contributed by atoms with Crippen LogP contribution in [0.2, 0.25) is 10.0 Å². The lowest BCUT2D eigenvalue weighted by Crippen LogP contribution is -2.39. The first-order valence-corrected chi connectivity index (χ1v) is 12.0. The van der Waals surface area contributed by atoms with Crippen LogP contribution in [0.1, 0.15) is 33.5 Å². The van der Waals surface area contributed by atoms with Crippen LogP contribution in [0.5, 0.6) is 11.5 Å². The average Bonchev–Trinajstić information content (AvgIpc) is 3.13. The van der Waals surface area contributed by atoms with E-state index in [-0.39, 0.29) is 11.5 Å². The third-order valence-electron chi connectivity index (χ3n) is 6.33. The Hall–Kier alpha value is -2.09. The molecule has 6 nitrogen and oxygen atoms in total. The van der Waals surface area contributed by atoms with Crippen molar-refractivity contribution in [3.8, 4) is 11.5 Å². The lowest BCUT2D eigenvalue weighted by Gasteiger charge is -2.31. The first kappa shape index (κ1) is 22.7. The Morgan fingerprint density at radius 1 is 1.06 bits per heavy atom. The van der Waals surface area contributed by atoms with Crippen molar-refractivity contribution in [1.82, 2.24) is 9.80 Å². The number of halogens is 2. The number of hydrogen-bond donors (Lipinski definition) is 0. The van der Waals surface area contributed by atoms with Crippen LogP contribution in [-0.4, -0.2) is 61.7 Å². The Bertz CT molecular complexity index is 1090. The summed E-state index contributed by atoms with van der Waals surface area (Å²) >= 11 is 12.6. The summed E-state index contributed by atoms with van der Waals surface area (Å²) < 4.78 is 17.5. The van der Waals surface area contributed by atoms with Crippen LogP contribution < -0.4 is 9.47 Å². The summed E-state index contributed by atoms with van der Waals surface area (Å²) in [5, 5.41) is 0.934. The molecule has 0 spiro atoms. The number of morpholine rings is 1. The number of carbonyl (C=O) groups is 1. The van der Waals surface area contributed by atoms with E-state index in [0.717, 1.165) is 69.2 Å². The van der Waals surface area contributed by atoms with Gasteiger partial charge in [-0.25, -0.2) is 0 Å². The number of hydrogen-bond acceptors (Lipinski definition) is 6. The highest BCUT2D eigenvalue weighted by molar-refractivity contribution is 6.37. The zero-order chi connectivity index (χ0) is 22.9. The van der Waals surface area contributed by atoms with E-state index < -0.39 is 0 Å². The molecule has 0 bridgehead atoms. The summed E-state index contributed by atoms with van der Waals surface area (Å²) in [7, 11) is 0. The Kier molecular flexibility index (Phi) is 6.63. The minimum atomic E-state index is -0.170. The quantitative estimate of drug-likeness (QED) is 0.563. The monoisotopic (exact) mass is 488 g/mol. The third kappa shape index (κ3) is 4.63. The number of ether oxygens (including phenoxy) is 3. The van der Waals surface area contributed by atoms with Gasteiger partial charge in [0.1, 0.15) is 18.2 Å². The maximum atomic E-state index is 13.1. The van der Waals surface area contributed by atoms with Crippen molar-refractivity contribution in [1.29, 1.82) is 0 Å². The standard InChI is InChI=1S/C25H26Cl2N2O4/c1-16-24-17(14-29(15-32-24)7-3-6-28-8-10-31-11-9-28)12-19-23(30)22(33-25(16)19)13-18-20(26)4-2-5-21(18)27/h2,4-5,12-13H,3,6-11,14-15H2,1H3/b22-13-. The van der Waals surface area contributed by atoms with E-state index in [0.29, 0.717) is 33.7 Å². The summed E-state index contributed by atoms with van der Waals surface area (Å²) in [4.78, 5) is 17.9. The number of rotatable bonds is 5. The van der Waals surface area contributed by atoms with Gasteiger partial charge in [0.25, 0.3) is 0 Å². The molecule has 0 amide bonds. The van der Waals surface area contributed by atoms with Gasteiger partial charge in [-0.2, -0.15) is 0 Å². The highest BCUT2D eigenvalue weighted by atomic mass is 35.5. The van der Waals surface area contributed by atoms with E-state index in [9.17, 15) is 4.79 Å². The van der Waals surface area contributed by atoms with Crippen molar-refractivity contribution in [3.05, 3.63) is 62.3 Å². The molecule has 0 aliphatic carbocycles. The molecule has 33 heavy (non-hydrogen) atoms. The van der Waals surface area contributed by atoms with Gasteiger partial charge in [-0.1, -0.05) is 29.3 Å². The van der Waals surface area contributed by atoms with E-state index in [1.165, 1.54) is 0 Å². The molecule has 5 rings (SSSR count). The van der Waals surface area contributed by atoms with Gasteiger partial charge in [-0.05, 0) is 44.2 Å². The molecule has 0 aromatic heterocycles. The second-order valence-electron chi connectivity index (χ2n) is 8.58. The van der Waals surface area contributed by atoms with Gasteiger partial charge in [0.05, 0.1) is 18.8 Å². The molecule has 2 aromatic carbocycles. The molecule has 2 aromatic rings. The molecule has 3 heterocycles. The molecular formula is C25H26Cl2N2O4. The Morgan fingerprint density at radius 2 is 1.79 bits per heavy atom. The molecule has 1 saturated heterocycles. The highest BCUT2D eigenvalue weighted by Gasteiger charge is 2.33. The molecule has 0 N–H and O–H groups in total. The number of ketones is 1. The zero-order valence-electron chi connectivity index (χ0n) is 18.5. The maximum Gasteiger partial charge on any atom is 0.231 e. The molecule has 0 unspecified atom stereocenters. The molecule has 174 valence electrons. The fourth-order valence-electron chi connectivity index (χ4n) is 4.56. The van der Waals surface area contributed by atoms with Crippen LogP contribution in [0.15, 0.2) is 30.0 Å². The van der Waals surface area contributed by atoms with Crippen molar-refractivity contribution in [2.75, 3.05) is 46.1 Å². The largest absolute Gasteiger partial charge is 0.477 e. The van der Waals surface area contributed by atoms with Crippen molar-refractivity contribution >= 4 is 35.1 Å². The third-order valence-corrected chi connectivity index (χ3v) is 6.99. The lowest BCUT2D eigenvalue weighted by atomic mass is 10.00. The predicted molar refractivity (Wildman–Crippen MR) is 128 cm³/mol. The molecule has 0 radical (unpaired) electrons. The van der Waals surface area contributed by atoms with Crippen LogP contribution in [0.25, 0.3) is 6.08 Å². The second kappa shape index (κ2) is 9.65. The van der Waals surface area contributed by atoms with Crippen LogP contribution in [0.4, 0.5) is 0 Å². The molecule has 0 atom stereocenters. The minimum Gasteiger partial charge on any atom is -0.477 e. The molecular weight excluding hydrogens is 463 g/mol. The van der Waals surface area contributed by atoms with Crippen molar-refractivity contribution < 1.29 is 19.0 Å². The number of Topliss-reactive ketones (excluding diaryl/α,β-unsaturated/α-hetero) is 1. The summed E-state index contributed by atoms with van der Waals surface area (Å²) in [5.41, 5.74) is 2.98. The van der Waals surface area contributed by atoms with E-state index in [1.807, 2.05) is 13.0 Å². The predicted octanol–water partition coefficient (Wildman–Crippen LogP) is 4.79. The van der Waals surface area contributed by atoms with Crippen LogP contribution in [-0.2, 0) is 11.3 Å². The molecule has 0 saturated carbocycles. The van der Waals surface area contributed by atoms with Crippen LogP contribution in [0, 0.1) is 6.92 Å². The van der Waals surface area contributed by atoms with Gasteiger partial charge < -0.3 is 14.2 Å². The Labute approximate surface area is 203 Å². The van der Waals surface area contributed by atoms with E-state index >= 15 is 0 Å². The van der Waals surface area contributed by atoms with Crippen molar-refractivity contribution in [2.45, 2.75) is 19.9 Å². The van der Waals surface area contributed by atoms with E-state index in [2.05, 4.69) is 9.80 Å². The number of carbonyl (C=O) groups excluding carboxylic acids is 1.